The molecule has 0 bridgehead atoms. The van der Waals surface area contributed by atoms with Crippen LogP contribution in [0, 0.1) is 0 Å². The quantitative estimate of drug-likeness (QED) is 0.285. The van der Waals surface area contributed by atoms with Crippen molar-refractivity contribution < 1.29 is 8.42 Å². The van der Waals surface area contributed by atoms with Crippen molar-refractivity contribution in [2.45, 2.75) is 38.1 Å². The van der Waals surface area contributed by atoms with Crippen LogP contribution in [0.25, 0.3) is 0 Å². The minimum absolute atomic E-state index is 0. The first-order valence-corrected chi connectivity index (χ1v) is 11.6. The van der Waals surface area contributed by atoms with Crippen molar-refractivity contribution in [3.8, 4) is 0 Å². The Bertz CT molecular complexity index is 880. The van der Waals surface area contributed by atoms with Gasteiger partial charge < -0.3 is 10.6 Å². The molecule has 0 spiro atoms. The molecule has 0 radical (unpaired) electrons. The number of guanidine groups is 1. The van der Waals surface area contributed by atoms with Crippen LogP contribution in [-0.4, -0.2) is 50.9 Å². The summed E-state index contributed by atoms with van der Waals surface area (Å²) in [6, 6.07) is 6.83. The number of aryl methyl sites for hydroxylation is 1. The Morgan fingerprint density at radius 2 is 1.86 bits per heavy atom. The Morgan fingerprint density at radius 1 is 1.17 bits per heavy atom. The third-order valence-corrected chi connectivity index (χ3v) is 7.08. The molecule has 0 aliphatic heterocycles. The number of nitrogens with zero attached hydrogens (tertiary/aromatic N) is 3. The summed E-state index contributed by atoms with van der Waals surface area (Å²) in [4.78, 5) is 10.6. The van der Waals surface area contributed by atoms with Gasteiger partial charge in [0, 0.05) is 44.7 Å². The molecule has 0 atom stereocenters. The van der Waals surface area contributed by atoms with Gasteiger partial charge in [0.05, 0.1) is 16.4 Å². The van der Waals surface area contributed by atoms with Gasteiger partial charge in [0.1, 0.15) is 0 Å². The van der Waals surface area contributed by atoms with Crippen molar-refractivity contribution in [1.82, 2.24) is 19.9 Å². The average molecular weight is 552 g/mol. The van der Waals surface area contributed by atoms with E-state index in [-0.39, 0.29) is 28.9 Å². The molecule has 1 heterocycles. The van der Waals surface area contributed by atoms with Gasteiger partial charge >= 0.3 is 0 Å². The highest BCUT2D eigenvalue weighted by molar-refractivity contribution is 14.0. The maximum Gasteiger partial charge on any atom is 0.242 e. The van der Waals surface area contributed by atoms with E-state index in [4.69, 9.17) is 0 Å². The van der Waals surface area contributed by atoms with E-state index < -0.39 is 10.0 Å². The molecule has 0 aliphatic carbocycles. The first-order valence-electron chi connectivity index (χ1n) is 9.34. The fourth-order valence-electron chi connectivity index (χ4n) is 2.40. The first-order chi connectivity index (χ1) is 13.4. The van der Waals surface area contributed by atoms with Gasteiger partial charge in [-0.05, 0) is 31.0 Å². The summed E-state index contributed by atoms with van der Waals surface area (Å²) < 4.78 is 25.5. The number of aliphatic imine (C=N–C) groups is 1. The zero-order chi connectivity index (χ0) is 20.6. The third-order valence-electron chi connectivity index (χ3n) is 4.05. The Labute approximate surface area is 195 Å². The van der Waals surface area contributed by atoms with Crippen LogP contribution in [-0.2, 0) is 29.4 Å². The monoisotopic (exact) mass is 551 g/mol. The topological polar surface area (TPSA) is 86.7 Å². The zero-order valence-corrected chi connectivity index (χ0v) is 21.3. The van der Waals surface area contributed by atoms with Crippen molar-refractivity contribution in [3.05, 3.63) is 45.9 Å². The van der Waals surface area contributed by atoms with Crippen LogP contribution in [0.3, 0.4) is 0 Å². The van der Waals surface area contributed by atoms with Crippen LogP contribution >= 0.6 is 35.3 Å². The second-order valence-corrected chi connectivity index (χ2v) is 9.73. The van der Waals surface area contributed by atoms with E-state index in [2.05, 4.69) is 27.5 Å². The normalized spacial score (nSPS) is 12.0. The maximum absolute atomic E-state index is 12.1. The van der Waals surface area contributed by atoms with Crippen molar-refractivity contribution >= 4 is 51.3 Å². The minimum atomic E-state index is -3.40. The molecule has 29 heavy (non-hydrogen) atoms. The van der Waals surface area contributed by atoms with Crippen LogP contribution in [0.4, 0.5) is 0 Å². The van der Waals surface area contributed by atoms with Crippen LogP contribution < -0.4 is 10.6 Å². The molecule has 2 rings (SSSR count). The van der Waals surface area contributed by atoms with Gasteiger partial charge in [0.15, 0.2) is 5.96 Å². The number of sulfonamides is 1. The van der Waals surface area contributed by atoms with Crippen molar-refractivity contribution in [3.63, 3.8) is 0 Å². The molecule has 0 saturated heterocycles. The van der Waals surface area contributed by atoms with Gasteiger partial charge in [0.2, 0.25) is 10.0 Å². The largest absolute Gasteiger partial charge is 0.357 e. The van der Waals surface area contributed by atoms with E-state index in [1.165, 1.54) is 23.3 Å². The van der Waals surface area contributed by atoms with Crippen molar-refractivity contribution in [2.75, 3.05) is 27.2 Å². The Balaban J connectivity index is 0.00000420. The summed E-state index contributed by atoms with van der Waals surface area (Å²) in [5.41, 5.74) is 0.947. The first kappa shape index (κ1) is 25.8. The molecular weight excluding hydrogens is 521 g/mol. The standard InChI is InChI=1S/C19H29N5O2S2.HI/c1-5-16-14-22-18(27-16)11-12-21-19(20-6-2)23-13-15-7-9-17(10-8-15)28(25,26)24(3)4;/h7-10,14H,5-6,11-13H2,1-4H3,(H2,20,21,23);1H. The molecule has 2 N–H and O–H groups in total. The number of hydrogen-bond acceptors (Lipinski definition) is 5. The lowest BCUT2D eigenvalue weighted by atomic mass is 10.2. The number of hydrogen-bond donors (Lipinski definition) is 2. The molecule has 162 valence electrons. The Kier molecular flexibility index (Phi) is 11.1. The Hall–Kier alpha value is -1.24. The predicted molar refractivity (Wildman–Crippen MR) is 131 cm³/mol. The molecule has 1 aromatic carbocycles. The average Bonchev–Trinajstić information content (AvgIpc) is 3.14. The number of thiazole rings is 1. The summed E-state index contributed by atoms with van der Waals surface area (Å²) in [7, 11) is -0.355. The van der Waals surface area contributed by atoms with Gasteiger partial charge in [-0.25, -0.2) is 22.7 Å². The van der Waals surface area contributed by atoms with E-state index in [1.54, 1.807) is 35.6 Å². The maximum atomic E-state index is 12.1. The molecule has 0 aliphatic rings. The van der Waals surface area contributed by atoms with Gasteiger partial charge in [-0.1, -0.05) is 19.1 Å². The second kappa shape index (κ2) is 12.5. The molecule has 1 aromatic heterocycles. The van der Waals surface area contributed by atoms with E-state index >= 15 is 0 Å². The lowest BCUT2D eigenvalue weighted by molar-refractivity contribution is 0.520. The van der Waals surface area contributed by atoms with Crippen molar-refractivity contribution in [2.24, 2.45) is 4.99 Å². The number of rotatable bonds is 9. The van der Waals surface area contributed by atoms with Gasteiger partial charge in [-0.2, -0.15) is 0 Å². The second-order valence-electron chi connectivity index (χ2n) is 6.38. The molecule has 7 nitrogen and oxygen atoms in total. The number of benzene rings is 1. The highest BCUT2D eigenvalue weighted by Crippen LogP contribution is 2.15. The third kappa shape index (κ3) is 7.83. The number of aromatic nitrogens is 1. The van der Waals surface area contributed by atoms with Crippen LogP contribution in [0.2, 0.25) is 0 Å². The van der Waals surface area contributed by atoms with Crippen LogP contribution in [0.1, 0.15) is 29.3 Å². The summed E-state index contributed by atoms with van der Waals surface area (Å²) in [6.07, 6.45) is 3.81. The fourth-order valence-corrected chi connectivity index (χ4v) is 4.17. The highest BCUT2D eigenvalue weighted by Gasteiger charge is 2.16. The van der Waals surface area contributed by atoms with E-state index in [1.807, 2.05) is 13.1 Å². The highest BCUT2D eigenvalue weighted by atomic mass is 127. The van der Waals surface area contributed by atoms with Gasteiger partial charge in [-0.3, -0.25) is 0 Å². The number of halogens is 1. The smallest absolute Gasteiger partial charge is 0.242 e. The zero-order valence-electron chi connectivity index (χ0n) is 17.3. The van der Waals surface area contributed by atoms with Crippen molar-refractivity contribution in [1.29, 1.82) is 0 Å². The summed E-state index contributed by atoms with van der Waals surface area (Å²) in [5.74, 6) is 0.736. The molecule has 0 fully saturated rings. The summed E-state index contributed by atoms with van der Waals surface area (Å²) in [6.45, 7) is 6.14. The van der Waals surface area contributed by atoms with E-state index in [9.17, 15) is 8.42 Å². The molecule has 0 saturated carbocycles. The lowest BCUT2D eigenvalue weighted by Crippen LogP contribution is -2.38. The van der Waals surface area contributed by atoms with E-state index in [0.717, 1.165) is 42.5 Å². The van der Waals surface area contributed by atoms with Gasteiger partial charge in [-0.15, -0.1) is 35.3 Å². The number of nitrogens with one attached hydrogen (secondary N) is 2. The lowest BCUT2D eigenvalue weighted by Gasteiger charge is -2.12. The molecule has 0 unspecified atom stereocenters. The summed E-state index contributed by atoms with van der Waals surface area (Å²) in [5, 5.41) is 7.67. The molecule has 2 aromatic rings. The van der Waals surface area contributed by atoms with Gasteiger partial charge in [0.25, 0.3) is 0 Å². The summed E-state index contributed by atoms with van der Waals surface area (Å²) >= 11 is 1.75. The SMILES string of the molecule is CCNC(=NCc1ccc(S(=O)(=O)N(C)C)cc1)NCCc1ncc(CC)s1.I. The van der Waals surface area contributed by atoms with Crippen LogP contribution in [0.15, 0.2) is 40.4 Å². The molecular formula is C19H30IN5O2S2. The van der Waals surface area contributed by atoms with E-state index in [0.29, 0.717) is 6.54 Å². The fraction of sp³-hybridized carbons (Fsp3) is 0.474. The molecule has 0 amide bonds. The Morgan fingerprint density at radius 3 is 2.41 bits per heavy atom. The minimum Gasteiger partial charge on any atom is -0.357 e. The predicted octanol–water partition coefficient (Wildman–Crippen LogP) is 2.87. The molecule has 10 heteroatoms. The van der Waals surface area contributed by atoms with Crippen LogP contribution in [0.5, 0.6) is 0 Å².